The van der Waals surface area contributed by atoms with Gasteiger partial charge in [0, 0.05) is 32.1 Å². The molecule has 0 bridgehead atoms. The van der Waals surface area contributed by atoms with E-state index in [-0.39, 0.29) is 17.6 Å². The van der Waals surface area contributed by atoms with Crippen molar-refractivity contribution < 1.29 is 14.0 Å². The summed E-state index contributed by atoms with van der Waals surface area (Å²) >= 11 is 0. The summed E-state index contributed by atoms with van der Waals surface area (Å²) in [7, 11) is 0. The number of carbonyl (C=O) groups excluding carboxylic acids is 2. The number of hydrogen-bond donors (Lipinski definition) is 1. The summed E-state index contributed by atoms with van der Waals surface area (Å²) in [6, 6.07) is 13.7. The molecule has 0 aliphatic heterocycles. The highest BCUT2D eigenvalue weighted by Gasteiger charge is 2.14. The van der Waals surface area contributed by atoms with Gasteiger partial charge in [-0.05, 0) is 48.7 Å². The fourth-order valence-electron chi connectivity index (χ4n) is 2.56. The van der Waals surface area contributed by atoms with E-state index in [0.29, 0.717) is 25.2 Å². The van der Waals surface area contributed by atoms with Crippen molar-refractivity contribution in [3.05, 3.63) is 71.0 Å². The van der Waals surface area contributed by atoms with Gasteiger partial charge in [-0.2, -0.15) is 0 Å². The fraction of sp³-hybridized carbons (Fsp3) is 0.300. The van der Waals surface area contributed by atoms with Gasteiger partial charge in [-0.25, -0.2) is 4.39 Å². The predicted octanol–water partition coefficient (Wildman–Crippen LogP) is 3.17. The number of amides is 2. The first-order valence-corrected chi connectivity index (χ1v) is 8.36. The van der Waals surface area contributed by atoms with Crippen molar-refractivity contribution in [3.8, 4) is 0 Å². The van der Waals surface area contributed by atoms with Gasteiger partial charge in [-0.15, -0.1) is 0 Å². The quantitative estimate of drug-likeness (QED) is 0.840. The van der Waals surface area contributed by atoms with Gasteiger partial charge in [0.2, 0.25) is 5.91 Å². The van der Waals surface area contributed by atoms with Crippen molar-refractivity contribution in [1.82, 2.24) is 10.2 Å². The second-order valence-electron chi connectivity index (χ2n) is 5.88. The molecule has 0 fully saturated rings. The number of benzene rings is 2. The molecular weight excluding hydrogens is 319 g/mol. The van der Waals surface area contributed by atoms with Gasteiger partial charge in [0.05, 0.1) is 0 Å². The number of halogens is 1. The van der Waals surface area contributed by atoms with E-state index < -0.39 is 0 Å². The SMILES string of the molecule is CCN(Cc1cccc(F)c1)C(=O)c1ccc(CCNC(C)=O)cc1. The van der Waals surface area contributed by atoms with Crippen LogP contribution in [0.2, 0.25) is 0 Å². The Kier molecular flexibility index (Phi) is 6.69. The molecule has 0 aliphatic rings. The van der Waals surface area contributed by atoms with Gasteiger partial charge < -0.3 is 10.2 Å². The molecule has 0 spiro atoms. The lowest BCUT2D eigenvalue weighted by molar-refractivity contribution is -0.118. The standard InChI is InChI=1S/C20H23FN2O2/c1-3-23(14-17-5-4-6-19(21)13-17)20(25)18-9-7-16(8-10-18)11-12-22-15(2)24/h4-10,13H,3,11-12,14H2,1-2H3,(H,22,24). The molecule has 25 heavy (non-hydrogen) atoms. The van der Waals surface area contributed by atoms with Crippen LogP contribution in [0.15, 0.2) is 48.5 Å². The molecule has 2 rings (SSSR count). The minimum Gasteiger partial charge on any atom is -0.356 e. The monoisotopic (exact) mass is 342 g/mol. The van der Waals surface area contributed by atoms with Crippen LogP contribution < -0.4 is 5.32 Å². The van der Waals surface area contributed by atoms with Crippen LogP contribution >= 0.6 is 0 Å². The Hall–Kier alpha value is -2.69. The summed E-state index contributed by atoms with van der Waals surface area (Å²) in [4.78, 5) is 25.2. The van der Waals surface area contributed by atoms with Crippen molar-refractivity contribution in [2.45, 2.75) is 26.8 Å². The van der Waals surface area contributed by atoms with E-state index in [2.05, 4.69) is 5.32 Å². The van der Waals surface area contributed by atoms with Gasteiger partial charge in [-0.1, -0.05) is 24.3 Å². The fourth-order valence-corrected chi connectivity index (χ4v) is 2.56. The number of nitrogens with zero attached hydrogens (tertiary/aromatic N) is 1. The van der Waals surface area contributed by atoms with Gasteiger partial charge in [-0.3, -0.25) is 9.59 Å². The highest BCUT2D eigenvalue weighted by Crippen LogP contribution is 2.12. The topological polar surface area (TPSA) is 49.4 Å². The Balaban J connectivity index is 2.00. The first-order chi connectivity index (χ1) is 12.0. The lowest BCUT2D eigenvalue weighted by Crippen LogP contribution is -2.30. The van der Waals surface area contributed by atoms with Crippen molar-refractivity contribution in [3.63, 3.8) is 0 Å². The summed E-state index contributed by atoms with van der Waals surface area (Å²) in [6.07, 6.45) is 0.717. The number of nitrogens with one attached hydrogen (secondary N) is 1. The zero-order valence-corrected chi connectivity index (χ0v) is 14.6. The second-order valence-corrected chi connectivity index (χ2v) is 5.88. The Bertz CT molecular complexity index is 729. The average molecular weight is 342 g/mol. The molecule has 4 nitrogen and oxygen atoms in total. The molecule has 0 atom stereocenters. The summed E-state index contributed by atoms with van der Waals surface area (Å²) in [5.41, 5.74) is 2.42. The molecule has 0 saturated carbocycles. The Labute approximate surface area is 147 Å². The molecular formula is C20H23FN2O2. The van der Waals surface area contributed by atoms with Gasteiger partial charge in [0.1, 0.15) is 5.82 Å². The molecule has 0 heterocycles. The van der Waals surface area contributed by atoms with E-state index in [1.807, 2.05) is 25.1 Å². The molecule has 0 aliphatic carbocycles. The maximum Gasteiger partial charge on any atom is 0.254 e. The first-order valence-electron chi connectivity index (χ1n) is 8.36. The predicted molar refractivity (Wildman–Crippen MR) is 95.6 cm³/mol. The minimum absolute atomic E-state index is 0.0530. The van der Waals surface area contributed by atoms with E-state index in [9.17, 15) is 14.0 Å². The first kappa shape index (κ1) is 18.6. The second kappa shape index (κ2) is 8.97. The van der Waals surface area contributed by atoms with Crippen LogP contribution in [-0.4, -0.2) is 29.8 Å². The molecule has 2 aromatic carbocycles. The smallest absolute Gasteiger partial charge is 0.254 e. The third kappa shape index (κ3) is 5.71. The largest absolute Gasteiger partial charge is 0.356 e. The van der Waals surface area contributed by atoms with Crippen LogP contribution in [0.5, 0.6) is 0 Å². The third-order valence-corrected chi connectivity index (χ3v) is 3.92. The van der Waals surface area contributed by atoms with E-state index in [4.69, 9.17) is 0 Å². The van der Waals surface area contributed by atoms with E-state index in [0.717, 1.165) is 17.5 Å². The highest BCUT2D eigenvalue weighted by atomic mass is 19.1. The minimum atomic E-state index is -0.301. The molecule has 1 N–H and O–H groups in total. The van der Waals surface area contributed by atoms with Crippen molar-refractivity contribution in [2.24, 2.45) is 0 Å². The molecule has 2 amide bonds. The molecule has 0 saturated heterocycles. The maximum atomic E-state index is 13.3. The summed E-state index contributed by atoms with van der Waals surface area (Å²) < 4.78 is 13.3. The van der Waals surface area contributed by atoms with E-state index >= 15 is 0 Å². The summed E-state index contributed by atoms with van der Waals surface area (Å²) in [5.74, 6) is -0.438. The molecule has 132 valence electrons. The zero-order chi connectivity index (χ0) is 18.2. The van der Waals surface area contributed by atoms with Crippen LogP contribution in [0.4, 0.5) is 4.39 Å². The van der Waals surface area contributed by atoms with Crippen LogP contribution in [0.1, 0.15) is 35.3 Å². The average Bonchev–Trinajstić information content (AvgIpc) is 2.59. The Morgan fingerprint density at radius 2 is 1.80 bits per heavy atom. The number of rotatable bonds is 7. The normalized spacial score (nSPS) is 10.4. The van der Waals surface area contributed by atoms with Crippen molar-refractivity contribution >= 4 is 11.8 Å². The van der Waals surface area contributed by atoms with Crippen LogP contribution in [-0.2, 0) is 17.8 Å². The lowest BCUT2D eigenvalue weighted by atomic mass is 10.1. The number of carbonyl (C=O) groups is 2. The maximum absolute atomic E-state index is 13.3. The van der Waals surface area contributed by atoms with Crippen LogP contribution in [0, 0.1) is 5.82 Å². The lowest BCUT2D eigenvalue weighted by Gasteiger charge is -2.21. The van der Waals surface area contributed by atoms with Crippen molar-refractivity contribution in [1.29, 1.82) is 0 Å². The third-order valence-electron chi connectivity index (χ3n) is 3.92. The zero-order valence-electron chi connectivity index (χ0n) is 14.6. The molecule has 0 aromatic heterocycles. The molecule has 0 radical (unpaired) electrons. The van der Waals surface area contributed by atoms with Crippen LogP contribution in [0.3, 0.4) is 0 Å². The summed E-state index contributed by atoms with van der Waals surface area (Å²) in [6.45, 7) is 4.87. The molecule has 2 aromatic rings. The highest BCUT2D eigenvalue weighted by molar-refractivity contribution is 5.94. The van der Waals surface area contributed by atoms with Gasteiger partial charge in [0.15, 0.2) is 0 Å². The van der Waals surface area contributed by atoms with Gasteiger partial charge >= 0.3 is 0 Å². The molecule has 5 heteroatoms. The van der Waals surface area contributed by atoms with Crippen molar-refractivity contribution in [2.75, 3.05) is 13.1 Å². The summed E-state index contributed by atoms with van der Waals surface area (Å²) in [5, 5.41) is 2.75. The Morgan fingerprint density at radius 3 is 2.40 bits per heavy atom. The van der Waals surface area contributed by atoms with E-state index in [1.165, 1.54) is 19.1 Å². The van der Waals surface area contributed by atoms with Gasteiger partial charge in [0.25, 0.3) is 5.91 Å². The van der Waals surface area contributed by atoms with E-state index in [1.54, 1.807) is 23.1 Å². The molecule has 0 unspecified atom stereocenters. The Morgan fingerprint density at radius 1 is 1.08 bits per heavy atom. The van der Waals surface area contributed by atoms with Crippen LogP contribution in [0.25, 0.3) is 0 Å². The number of hydrogen-bond acceptors (Lipinski definition) is 2.